The van der Waals surface area contributed by atoms with Crippen LogP contribution < -0.4 is 10.9 Å². The lowest BCUT2D eigenvalue weighted by Crippen LogP contribution is -2.21. The molecule has 3 heterocycles. The first-order valence-corrected chi connectivity index (χ1v) is 10.4. The highest BCUT2D eigenvalue weighted by Gasteiger charge is 2.35. The summed E-state index contributed by atoms with van der Waals surface area (Å²) in [6.45, 7) is 1.82. The van der Waals surface area contributed by atoms with Gasteiger partial charge in [-0.1, -0.05) is 25.1 Å². The Morgan fingerprint density at radius 2 is 1.97 bits per heavy atom. The van der Waals surface area contributed by atoms with Crippen molar-refractivity contribution < 1.29 is 18.0 Å². The molecule has 1 amide bonds. The molecule has 32 heavy (non-hydrogen) atoms. The van der Waals surface area contributed by atoms with Gasteiger partial charge in [-0.2, -0.15) is 23.0 Å². The van der Waals surface area contributed by atoms with Crippen molar-refractivity contribution in [1.29, 1.82) is 0 Å². The zero-order chi connectivity index (χ0) is 22.9. The van der Waals surface area contributed by atoms with E-state index in [0.717, 1.165) is 17.0 Å². The largest absolute Gasteiger partial charge is 0.417 e. The number of H-pyrrole nitrogens is 1. The number of benzene rings is 1. The van der Waals surface area contributed by atoms with Crippen molar-refractivity contribution in [1.82, 2.24) is 19.7 Å². The summed E-state index contributed by atoms with van der Waals surface area (Å²) in [4.78, 5) is 32.5. The molecule has 3 aromatic heterocycles. The number of aromatic nitrogens is 4. The summed E-state index contributed by atoms with van der Waals surface area (Å²) >= 11 is 1.40. The van der Waals surface area contributed by atoms with Crippen LogP contribution in [0.3, 0.4) is 0 Å². The topological polar surface area (TPSA) is 92.7 Å². The van der Waals surface area contributed by atoms with Crippen molar-refractivity contribution in [3.63, 3.8) is 0 Å². The third-order valence-corrected chi connectivity index (χ3v) is 5.44. The molecule has 2 N–H and O–H groups in total. The Morgan fingerprint density at radius 3 is 2.66 bits per heavy atom. The second kappa shape index (κ2) is 8.42. The third kappa shape index (κ3) is 4.33. The number of amides is 1. The maximum absolute atomic E-state index is 13.4. The highest BCUT2D eigenvalue weighted by molar-refractivity contribution is 7.13. The smallest absolute Gasteiger partial charge is 0.306 e. The maximum atomic E-state index is 13.4. The molecule has 0 saturated heterocycles. The van der Waals surface area contributed by atoms with Gasteiger partial charge in [0, 0.05) is 17.8 Å². The lowest BCUT2D eigenvalue weighted by atomic mass is 10.1. The summed E-state index contributed by atoms with van der Waals surface area (Å²) < 4.78 is 41.3. The first-order chi connectivity index (χ1) is 15.3. The van der Waals surface area contributed by atoms with Gasteiger partial charge in [-0.15, -0.1) is 11.3 Å². The number of nitrogens with one attached hydrogen (secondary N) is 2. The molecular formula is C21H16F3N5O2S. The lowest BCUT2D eigenvalue weighted by molar-refractivity contribution is -0.137. The van der Waals surface area contributed by atoms with Crippen molar-refractivity contribution in [3.8, 4) is 16.5 Å². The van der Waals surface area contributed by atoms with E-state index in [1.807, 2.05) is 18.4 Å². The summed E-state index contributed by atoms with van der Waals surface area (Å²) in [5, 5.41) is 8.73. The predicted octanol–water partition coefficient (Wildman–Crippen LogP) is 4.52. The number of nitrogens with zero attached hydrogens (tertiary/aromatic N) is 3. The molecule has 0 aliphatic rings. The van der Waals surface area contributed by atoms with Gasteiger partial charge in [0.15, 0.2) is 0 Å². The van der Waals surface area contributed by atoms with E-state index >= 15 is 0 Å². The SMILES string of the molecule is CCc1cc(=O)[nH]c(-n2nc(-c3cccs3)cc2NC(=O)c2ccccc2C(F)(F)F)n1. The van der Waals surface area contributed by atoms with E-state index in [1.54, 1.807) is 6.07 Å². The van der Waals surface area contributed by atoms with Crippen LogP contribution in [0.25, 0.3) is 16.5 Å². The normalized spacial score (nSPS) is 11.5. The monoisotopic (exact) mass is 459 g/mol. The molecule has 4 aromatic rings. The molecule has 1 aromatic carbocycles. The van der Waals surface area contributed by atoms with E-state index in [9.17, 15) is 22.8 Å². The van der Waals surface area contributed by atoms with Crippen molar-refractivity contribution in [3.05, 3.63) is 81.1 Å². The Labute approximate surface area is 183 Å². The summed E-state index contributed by atoms with van der Waals surface area (Å²) in [5.41, 5.74) is -1.05. The fourth-order valence-corrected chi connectivity index (χ4v) is 3.74. The summed E-state index contributed by atoms with van der Waals surface area (Å²) in [7, 11) is 0. The zero-order valence-electron chi connectivity index (χ0n) is 16.6. The number of aryl methyl sites for hydroxylation is 1. The standard InChI is InChI=1S/C21H16F3N5O2S/c1-2-12-10-18(30)27-20(25-12)29-17(11-15(28-29)16-8-5-9-32-16)26-19(31)13-6-3-4-7-14(13)21(22,23)24/h3-11H,2H2,1H3,(H,26,31)(H,25,27,30). The Bertz CT molecular complexity index is 1330. The van der Waals surface area contributed by atoms with Gasteiger partial charge in [-0.25, -0.2) is 4.98 Å². The second-order valence-electron chi connectivity index (χ2n) is 6.72. The molecule has 11 heteroatoms. The van der Waals surface area contributed by atoms with Crippen molar-refractivity contribution in [2.45, 2.75) is 19.5 Å². The van der Waals surface area contributed by atoms with Gasteiger partial charge < -0.3 is 5.32 Å². The number of thiophene rings is 1. The molecule has 0 aliphatic carbocycles. The quantitative estimate of drug-likeness (QED) is 0.459. The van der Waals surface area contributed by atoms with Gasteiger partial charge >= 0.3 is 6.18 Å². The summed E-state index contributed by atoms with van der Waals surface area (Å²) in [6.07, 6.45) is -4.21. The zero-order valence-corrected chi connectivity index (χ0v) is 17.4. The van der Waals surface area contributed by atoms with E-state index < -0.39 is 28.8 Å². The minimum absolute atomic E-state index is 0.0385. The fraction of sp³-hybridized carbons (Fsp3) is 0.143. The second-order valence-corrected chi connectivity index (χ2v) is 7.66. The van der Waals surface area contributed by atoms with E-state index in [4.69, 9.17) is 0 Å². The van der Waals surface area contributed by atoms with Crippen molar-refractivity contribution in [2.24, 2.45) is 0 Å². The average Bonchev–Trinajstić information content (AvgIpc) is 3.42. The van der Waals surface area contributed by atoms with Gasteiger partial charge in [-0.05, 0) is 30.0 Å². The molecule has 164 valence electrons. The van der Waals surface area contributed by atoms with Crippen LogP contribution in [0.1, 0.15) is 28.5 Å². The van der Waals surface area contributed by atoms with Gasteiger partial charge in [0.2, 0.25) is 5.95 Å². The molecule has 0 bridgehead atoms. The van der Waals surface area contributed by atoms with Crippen LogP contribution in [0.15, 0.2) is 58.7 Å². The number of hydrogen-bond donors (Lipinski definition) is 2. The molecule has 7 nitrogen and oxygen atoms in total. The fourth-order valence-electron chi connectivity index (χ4n) is 3.06. The summed E-state index contributed by atoms with van der Waals surface area (Å²) in [6, 6.07) is 11.0. The summed E-state index contributed by atoms with van der Waals surface area (Å²) in [5.74, 6) is -0.867. The minimum Gasteiger partial charge on any atom is -0.306 e. The van der Waals surface area contributed by atoms with Crippen molar-refractivity contribution in [2.75, 3.05) is 5.32 Å². The van der Waals surface area contributed by atoms with E-state index in [2.05, 4.69) is 20.4 Å². The van der Waals surface area contributed by atoms with Gasteiger partial charge in [0.05, 0.1) is 16.0 Å². The number of alkyl halides is 3. The first-order valence-electron chi connectivity index (χ1n) is 9.48. The number of carbonyl (C=O) groups excluding carboxylic acids is 1. The highest BCUT2D eigenvalue weighted by Crippen LogP contribution is 2.33. The Morgan fingerprint density at radius 1 is 1.19 bits per heavy atom. The molecule has 0 atom stereocenters. The van der Waals surface area contributed by atoms with Gasteiger partial charge in [-0.3, -0.25) is 14.6 Å². The third-order valence-electron chi connectivity index (χ3n) is 4.55. The molecule has 0 unspecified atom stereocenters. The molecule has 0 radical (unpaired) electrons. The Balaban J connectivity index is 1.80. The minimum atomic E-state index is -4.70. The number of halogens is 3. The molecule has 0 fully saturated rings. The molecule has 0 spiro atoms. The number of carbonyl (C=O) groups is 1. The molecule has 0 aliphatic heterocycles. The highest BCUT2D eigenvalue weighted by atomic mass is 32.1. The first kappa shape index (κ1) is 21.5. The van der Waals surface area contributed by atoms with Crippen LogP contribution in [-0.2, 0) is 12.6 Å². The van der Waals surface area contributed by atoms with Crippen LogP contribution in [0.5, 0.6) is 0 Å². The molecule has 4 rings (SSSR count). The van der Waals surface area contributed by atoms with E-state index in [0.29, 0.717) is 17.8 Å². The average molecular weight is 459 g/mol. The number of rotatable bonds is 5. The number of hydrogen-bond acceptors (Lipinski definition) is 5. The van der Waals surface area contributed by atoms with Crippen LogP contribution >= 0.6 is 11.3 Å². The van der Waals surface area contributed by atoms with Crippen LogP contribution in [-0.4, -0.2) is 25.7 Å². The van der Waals surface area contributed by atoms with Crippen LogP contribution in [0.2, 0.25) is 0 Å². The van der Waals surface area contributed by atoms with E-state index in [-0.39, 0.29) is 11.8 Å². The Hall–Kier alpha value is -3.73. The van der Waals surface area contributed by atoms with Crippen LogP contribution in [0, 0.1) is 0 Å². The van der Waals surface area contributed by atoms with Gasteiger partial charge in [0.1, 0.15) is 11.5 Å². The number of aromatic amines is 1. The van der Waals surface area contributed by atoms with E-state index in [1.165, 1.54) is 40.3 Å². The Kier molecular flexibility index (Phi) is 5.66. The number of anilines is 1. The lowest BCUT2D eigenvalue weighted by Gasteiger charge is -2.13. The van der Waals surface area contributed by atoms with Crippen molar-refractivity contribution >= 4 is 23.1 Å². The molecular weight excluding hydrogens is 443 g/mol. The van der Waals surface area contributed by atoms with Gasteiger partial charge in [0.25, 0.3) is 11.5 Å². The predicted molar refractivity (Wildman–Crippen MR) is 114 cm³/mol. The maximum Gasteiger partial charge on any atom is 0.417 e. The molecule has 0 saturated carbocycles. The van der Waals surface area contributed by atoms with Crippen LogP contribution in [0.4, 0.5) is 19.0 Å².